The van der Waals surface area contributed by atoms with E-state index in [1.165, 1.54) is 38.3 Å². The Kier molecular flexibility index (Phi) is 6.86. The van der Waals surface area contributed by atoms with Crippen LogP contribution in [0.4, 0.5) is 10.8 Å². The van der Waals surface area contributed by atoms with E-state index in [4.69, 9.17) is 0 Å². The van der Waals surface area contributed by atoms with E-state index < -0.39 is 11.8 Å². The number of aromatic nitrogens is 2. The van der Waals surface area contributed by atoms with Crippen LogP contribution in [0.1, 0.15) is 61.0 Å². The number of rotatable bonds is 7. The second-order valence-corrected chi connectivity index (χ2v) is 8.78. The SMILES string of the molecule is CC(=O)c1ccccc1C(=O)Nc1sc(-c2ccc(C(C)=O)c(C(=O)N(O)c3ccon3)c2)nc1C. The zero-order valence-electron chi connectivity index (χ0n) is 19.4. The molecule has 2 aromatic carbocycles. The van der Waals surface area contributed by atoms with Crippen LogP contribution in [0, 0.1) is 6.92 Å². The molecule has 10 nitrogen and oxygen atoms in total. The van der Waals surface area contributed by atoms with Crippen molar-refractivity contribution in [3.05, 3.63) is 82.7 Å². The standard InChI is InChI=1S/C25H20N4O6S/c1-13-23(27-22(32)19-7-5-4-6-17(19)14(2)30)36-24(26-13)16-8-9-18(15(3)31)20(12-16)25(33)29(34)21-10-11-35-28-21/h4-12,34H,1-3H3,(H,27,32). The summed E-state index contributed by atoms with van der Waals surface area (Å²) in [4.78, 5) is 54.4. The third kappa shape index (κ3) is 4.83. The summed E-state index contributed by atoms with van der Waals surface area (Å²) in [5, 5.41) is 17.8. The van der Waals surface area contributed by atoms with Crippen molar-refractivity contribution in [1.82, 2.24) is 10.1 Å². The first-order valence-electron chi connectivity index (χ1n) is 10.6. The van der Waals surface area contributed by atoms with E-state index in [-0.39, 0.29) is 34.1 Å². The van der Waals surface area contributed by atoms with E-state index >= 15 is 0 Å². The van der Waals surface area contributed by atoms with Gasteiger partial charge in [-0.3, -0.25) is 24.4 Å². The third-order valence-corrected chi connectivity index (χ3v) is 6.41. The predicted molar refractivity (Wildman–Crippen MR) is 132 cm³/mol. The number of carbonyl (C=O) groups excluding carboxylic acids is 4. The van der Waals surface area contributed by atoms with Gasteiger partial charge in [-0.05, 0) is 39.0 Å². The Morgan fingerprint density at radius 3 is 2.25 bits per heavy atom. The van der Waals surface area contributed by atoms with E-state index in [0.29, 0.717) is 31.9 Å². The van der Waals surface area contributed by atoms with Crippen LogP contribution in [0.3, 0.4) is 0 Å². The van der Waals surface area contributed by atoms with Gasteiger partial charge in [0.05, 0.1) is 16.8 Å². The number of amides is 2. The number of hydrogen-bond acceptors (Lipinski definition) is 9. The van der Waals surface area contributed by atoms with Gasteiger partial charge >= 0.3 is 0 Å². The van der Waals surface area contributed by atoms with Crippen LogP contribution in [0.5, 0.6) is 0 Å². The Morgan fingerprint density at radius 2 is 1.61 bits per heavy atom. The monoisotopic (exact) mass is 504 g/mol. The summed E-state index contributed by atoms with van der Waals surface area (Å²) in [6.07, 6.45) is 1.19. The number of ketones is 2. The number of benzene rings is 2. The van der Waals surface area contributed by atoms with Crippen LogP contribution in [0.2, 0.25) is 0 Å². The van der Waals surface area contributed by atoms with E-state index in [9.17, 15) is 24.4 Å². The van der Waals surface area contributed by atoms with Crippen LogP contribution in [-0.4, -0.2) is 38.7 Å². The number of aryl methyl sites for hydroxylation is 1. The van der Waals surface area contributed by atoms with E-state index in [1.807, 2.05) is 0 Å². The van der Waals surface area contributed by atoms with Crippen molar-refractivity contribution in [2.45, 2.75) is 20.8 Å². The molecule has 182 valence electrons. The average Bonchev–Trinajstić information content (AvgIpc) is 3.53. The summed E-state index contributed by atoms with van der Waals surface area (Å²) in [6, 6.07) is 12.3. The predicted octanol–water partition coefficient (Wildman–Crippen LogP) is 4.80. The van der Waals surface area contributed by atoms with Gasteiger partial charge in [-0.1, -0.05) is 40.8 Å². The fraction of sp³-hybridized carbons (Fsp3) is 0.120. The van der Waals surface area contributed by atoms with Crippen molar-refractivity contribution in [3.63, 3.8) is 0 Å². The molecule has 0 fully saturated rings. The number of nitrogens with zero attached hydrogens (tertiary/aromatic N) is 3. The van der Waals surface area contributed by atoms with Gasteiger partial charge in [0, 0.05) is 22.8 Å². The first-order chi connectivity index (χ1) is 17.2. The maximum absolute atomic E-state index is 13.0. The molecule has 4 rings (SSSR count). The highest BCUT2D eigenvalue weighted by Crippen LogP contribution is 2.34. The van der Waals surface area contributed by atoms with Crippen molar-refractivity contribution in [2.75, 3.05) is 10.4 Å². The fourth-order valence-electron chi connectivity index (χ4n) is 3.49. The number of hydroxylamine groups is 1. The molecule has 2 heterocycles. The largest absolute Gasteiger partial charge is 0.363 e. The zero-order chi connectivity index (χ0) is 26.0. The van der Waals surface area contributed by atoms with Crippen LogP contribution >= 0.6 is 11.3 Å². The minimum atomic E-state index is -0.876. The van der Waals surface area contributed by atoms with Gasteiger partial charge in [-0.15, -0.1) is 0 Å². The summed E-state index contributed by atoms with van der Waals surface area (Å²) in [6.45, 7) is 4.41. The van der Waals surface area contributed by atoms with Gasteiger partial charge in [0.2, 0.25) is 5.82 Å². The molecule has 2 N–H and O–H groups in total. The van der Waals surface area contributed by atoms with E-state index in [1.54, 1.807) is 37.3 Å². The van der Waals surface area contributed by atoms with Gasteiger partial charge in [0.25, 0.3) is 11.8 Å². The molecule has 0 spiro atoms. The smallest absolute Gasteiger partial charge is 0.284 e. The average molecular weight is 505 g/mol. The summed E-state index contributed by atoms with van der Waals surface area (Å²) in [5.74, 6) is -2.07. The number of thiazole rings is 1. The van der Waals surface area contributed by atoms with Gasteiger partial charge in [0.15, 0.2) is 11.6 Å². The van der Waals surface area contributed by atoms with E-state index in [2.05, 4.69) is 20.0 Å². The lowest BCUT2D eigenvalue weighted by Gasteiger charge is -2.14. The molecular formula is C25H20N4O6S. The normalized spacial score (nSPS) is 10.7. The molecule has 4 aromatic rings. The van der Waals surface area contributed by atoms with Crippen LogP contribution in [0.15, 0.2) is 59.3 Å². The van der Waals surface area contributed by atoms with Crippen molar-refractivity contribution in [2.24, 2.45) is 0 Å². The van der Waals surface area contributed by atoms with Crippen molar-refractivity contribution in [1.29, 1.82) is 0 Å². The summed E-state index contributed by atoms with van der Waals surface area (Å²) >= 11 is 1.16. The molecule has 0 atom stereocenters. The second kappa shape index (κ2) is 10.0. The van der Waals surface area contributed by atoms with Gasteiger partial charge in [-0.25, -0.2) is 4.98 Å². The Bertz CT molecular complexity index is 1490. The molecular weight excluding hydrogens is 484 g/mol. The molecule has 0 bridgehead atoms. The number of Topliss-reactive ketones (excluding diaryl/α,β-unsaturated/α-hetero) is 2. The molecule has 0 aliphatic rings. The minimum Gasteiger partial charge on any atom is -0.363 e. The quantitative estimate of drug-likeness (QED) is 0.208. The van der Waals surface area contributed by atoms with Gasteiger partial charge < -0.3 is 9.84 Å². The molecule has 0 radical (unpaired) electrons. The number of carbonyl (C=O) groups is 4. The lowest BCUT2D eigenvalue weighted by Crippen LogP contribution is -2.28. The molecule has 11 heteroatoms. The molecule has 36 heavy (non-hydrogen) atoms. The molecule has 0 saturated heterocycles. The van der Waals surface area contributed by atoms with Crippen LogP contribution < -0.4 is 10.4 Å². The number of anilines is 2. The first kappa shape index (κ1) is 24.6. The number of nitrogens with one attached hydrogen (secondary N) is 1. The van der Waals surface area contributed by atoms with Gasteiger partial charge in [-0.2, -0.15) is 5.06 Å². The molecule has 0 aliphatic carbocycles. The molecule has 2 amide bonds. The van der Waals surface area contributed by atoms with Crippen LogP contribution in [0.25, 0.3) is 10.6 Å². The zero-order valence-corrected chi connectivity index (χ0v) is 20.3. The molecule has 0 unspecified atom stereocenters. The summed E-state index contributed by atoms with van der Waals surface area (Å²) in [7, 11) is 0. The summed E-state index contributed by atoms with van der Waals surface area (Å²) in [5.41, 5.74) is 1.62. The number of hydrogen-bond donors (Lipinski definition) is 2. The second-order valence-electron chi connectivity index (χ2n) is 7.78. The minimum absolute atomic E-state index is 0.0562. The highest BCUT2D eigenvalue weighted by molar-refractivity contribution is 7.19. The Balaban J connectivity index is 1.67. The third-order valence-electron chi connectivity index (χ3n) is 5.28. The van der Waals surface area contributed by atoms with Crippen molar-refractivity contribution < 1.29 is 28.9 Å². The summed E-state index contributed by atoms with van der Waals surface area (Å²) < 4.78 is 4.66. The Morgan fingerprint density at radius 1 is 0.944 bits per heavy atom. The van der Waals surface area contributed by atoms with E-state index in [0.717, 1.165) is 11.3 Å². The lowest BCUT2D eigenvalue weighted by atomic mass is 10.0. The van der Waals surface area contributed by atoms with Crippen molar-refractivity contribution in [3.8, 4) is 10.6 Å². The highest BCUT2D eigenvalue weighted by atomic mass is 32.1. The lowest BCUT2D eigenvalue weighted by molar-refractivity contribution is 0.0842. The van der Waals surface area contributed by atoms with Crippen LogP contribution in [-0.2, 0) is 0 Å². The molecule has 0 saturated carbocycles. The fourth-order valence-corrected chi connectivity index (χ4v) is 4.45. The maximum atomic E-state index is 13.0. The Hall–Kier alpha value is -4.48. The molecule has 0 aliphatic heterocycles. The Labute approximate surface area is 209 Å². The topological polar surface area (TPSA) is 143 Å². The molecule has 2 aromatic heterocycles. The highest BCUT2D eigenvalue weighted by Gasteiger charge is 2.24. The first-order valence-corrected chi connectivity index (χ1v) is 11.5. The van der Waals surface area contributed by atoms with Crippen molar-refractivity contribution >= 4 is 45.5 Å². The maximum Gasteiger partial charge on any atom is 0.284 e. The van der Waals surface area contributed by atoms with Gasteiger partial charge in [0.1, 0.15) is 16.3 Å².